The predicted molar refractivity (Wildman–Crippen MR) is 87.1 cm³/mol. The number of ether oxygens (including phenoxy) is 2. The van der Waals surface area contributed by atoms with E-state index in [9.17, 15) is 4.79 Å². The average molecular weight is 347 g/mol. The maximum absolute atomic E-state index is 12.2. The summed E-state index contributed by atoms with van der Waals surface area (Å²) in [5, 5.41) is 0. The maximum atomic E-state index is 12.2. The molecule has 4 heteroatoms. The first-order valence-electron chi connectivity index (χ1n) is 6.34. The van der Waals surface area contributed by atoms with Gasteiger partial charge in [-0.1, -0.05) is 34.1 Å². The lowest BCUT2D eigenvalue weighted by Crippen LogP contribution is -1.97. The number of hydrogen-bond acceptors (Lipinski definition) is 3. The van der Waals surface area contributed by atoms with E-state index in [0.717, 1.165) is 10.0 Å². The lowest BCUT2D eigenvalue weighted by molar-refractivity contribution is 0.104. The molecule has 2 aromatic carbocycles. The molecule has 0 bridgehead atoms. The molecule has 0 heterocycles. The molecule has 0 aliphatic carbocycles. The van der Waals surface area contributed by atoms with Gasteiger partial charge in [-0.15, -0.1) is 0 Å². The number of methoxy groups -OCH3 is 2. The van der Waals surface area contributed by atoms with Crippen LogP contribution in [0.25, 0.3) is 6.08 Å². The fourth-order valence-electron chi connectivity index (χ4n) is 1.86. The zero-order valence-electron chi connectivity index (χ0n) is 11.8. The van der Waals surface area contributed by atoms with Gasteiger partial charge in [0.25, 0.3) is 0 Å². The van der Waals surface area contributed by atoms with Gasteiger partial charge in [-0.3, -0.25) is 4.79 Å². The molecule has 0 saturated carbocycles. The van der Waals surface area contributed by atoms with Crippen LogP contribution < -0.4 is 9.47 Å². The van der Waals surface area contributed by atoms with Gasteiger partial charge in [0.1, 0.15) is 0 Å². The first-order valence-corrected chi connectivity index (χ1v) is 7.14. The van der Waals surface area contributed by atoms with Crippen molar-refractivity contribution in [3.05, 3.63) is 64.1 Å². The zero-order chi connectivity index (χ0) is 15.2. The van der Waals surface area contributed by atoms with Crippen LogP contribution in [0.2, 0.25) is 0 Å². The smallest absolute Gasteiger partial charge is 0.185 e. The minimum Gasteiger partial charge on any atom is -0.493 e. The van der Waals surface area contributed by atoms with Crippen LogP contribution in [0, 0.1) is 0 Å². The zero-order valence-corrected chi connectivity index (χ0v) is 13.4. The van der Waals surface area contributed by atoms with Gasteiger partial charge >= 0.3 is 0 Å². The van der Waals surface area contributed by atoms with Gasteiger partial charge in [0.05, 0.1) is 14.2 Å². The third-order valence-corrected chi connectivity index (χ3v) is 3.71. The van der Waals surface area contributed by atoms with Crippen LogP contribution in [0.4, 0.5) is 0 Å². The lowest BCUT2D eigenvalue weighted by Gasteiger charge is -2.08. The Morgan fingerprint density at radius 3 is 2.43 bits per heavy atom. The second-order valence-corrected chi connectivity index (χ2v) is 5.14. The van der Waals surface area contributed by atoms with E-state index in [4.69, 9.17) is 9.47 Å². The molecule has 0 aliphatic rings. The Kier molecular flexibility index (Phi) is 5.17. The Morgan fingerprint density at radius 1 is 1.05 bits per heavy atom. The van der Waals surface area contributed by atoms with Crippen LogP contribution >= 0.6 is 15.9 Å². The molecule has 21 heavy (non-hydrogen) atoms. The highest BCUT2D eigenvalue weighted by molar-refractivity contribution is 9.10. The molecule has 0 fully saturated rings. The van der Waals surface area contributed by atoms with Crippen molar-refractivity contribution in [2.24, 2.45) is 0 Å². The van der Waals surface area contributed by atoms with E-state index in [2.05, 4.69) is 15.9 Å². The van der Waals surface area contributed by atoms with E-state index in [-0.39, 0.29) is 5.78 Å². The third kappa shape index (κ3) is 3.73. The predicted octanol–water partition coefficient (Wildman–Crippen LogP) is 4.36. The van der Waals surface area contributed by atoms with E-state index in [1.165, 1.54) is 0 Å². The topological polar surface area (TPSA) is 35.5 Å². The van der Waals surface area contributed by atoms with Gasteiger partial charge < -0.3 is 9.47 Å². The summed E-state index contributed by atoms with van der Waals surface area (Å²) < 4.78 is 11.3. The molecule has 0 radical (unpaired) electrons. The molecule has 0 aromatic heterocycles. The normalized spacial score (nSPS) is 10.6. The molecule has 0 spiro atoms. The summed E-state index contributed by atoms with van der Waals surface area (Å²) in [5.41, 5.74) is 1.50. The first kappa shape index (κ1) is 15.3. The van der Waals surface area contributed by atoms with E-state index >= 15 is 0 Å². The van der Waals surface area contributed by atoms with Crippen molar-refractivity contribution >= 4 is 27.8 Å². The van der Waals surface area contributed by atoms with Crippen molar-refractivity contribution < 1.29 is 14.3 Å². The average Bonchev–Trinajstić information content (AvgIpc) is 2.53. The van der Waals surface area contributed by atoms with Crippen LogP contribution in [0.1, 0.15) is 15.9 Å². The molecule has 0 saturated heterocycles. The van der Waals surface area contributed by atoms with Crippen LogP contribution in [-0.2, 0) is 0 Å². The summed E-state index contributed by atoms with van der Waals surface area (Å²) in [7, 11) is 3.11. The maximum Gasteiger partial charge on any atom is 0.185 e. The summed E-state index contributed by atoms with van der Waals surface area (Å²) in [6, 6.07) is 12.8. The number of carbonyl (C=O) groups excluding carboxylic acids is 1. The van der Waals surface area contributed by atoms with Crippen LogP contribution in [0.5, 0.6) is 11.5 Å². The fourth-order valence-corrected chi connectivity index (χ4v) is 2.28. The van der Waals surface area contributed by atoms with Crippen molar-refractivity contribution in [1.29, 1.82) is 0 Å². The van der Waals surface area contributed by atoms with Crippen LogP contribution in [0.3, 0.4) is 0 Å². The molecule has 108 valence electrons. The monoisotopic (exact) mass is 346 g/mol. The van der Waals surface area contributed by atoms with Crippen molar-refractivity contribution in [1.82, 2.24) is 0 Å². The summed E-state index contributed by atoms with van der Waals surface area (Å²) in [6.45, 7) is 0. The molecular weight excluding hydrogens is 332 g/mol. The second kappa shape index (κ2) is 7.09. The van der Waals surface area contributed by atoms with E-state index in [0.29, 0.717) is 17.1 Å². The highest BCUT2D eigenvalue weighted by Gasteiger charge is 2.08. The number of benzene rings is 2. The summed E-state index contributed by atoms with van der Waals surface area (Å²) in [5.74, 6) is 1.05. The molecule has 0 aliphatic heterocycles. The third-order valence-electron chi connectivity index (χ3n) is 2.99. The minimum absolute atomic E-state index is 0.0910. The number of rotatable bonds is 5. The Hall–Kier alpha value is -2.07. The van der Waals surface area contributed by atoms with Crippen molar-refractivity contribution in [3.8, 4) is 11.5 Å². The van der Waals surface area contributed by atoms with Crippen molar-refractivity contribution in [2.75, 3.05) is 14.2 Å². The van der Waals surface area contributed by atoms with E-state index in [1.807, 2.05) is 24.3 Å². The number of carbonyl (C=O) groups is 1. The Balaban J connectivity index is 2.23. The van der Waals surface area contributed by atoms with Gasteiger partial charge in [-0.25, -0.2) is 0 Å². The fraction of sp³-hybridized carbons (Fsp3) is 0.118. The lowest BCUT2D eigenvalue weighted by atomic mass is 10.1. The SMILES string of the molecule is COc1ccc(C(=O)C=Cc2ccccc2Br)cc1OC. The Morgan fingerprint density at radius 2 is 1.76 bits per heavy atom. The van der Waals surface area contributed by atoms with E-state index < -0.39 is 0 Å². The number of ketones is 1. The van der Waals surface area contributed by atoms with Gasteiger partial charge in [-0.05, 0) is 42.0 Å². The molecule has 2 rings (SSSR count). The molecule has 0 atom stereocenters. The standard InChI is InChI=1S/C17H15BrO3/c1-20-16-10-8-13(11-17(16)21-2)15(19)9-7-12-5-3-4-6-14(12)18/h3-11H,1-2H3. The van der Waals surface area contributed by atoms with Crippen molar-refractivity contribution in [3.63, 3.8) is 0 Å². The van der Waals surface area contributed by atoms with Gasteiger partial charge in [0.15, 0.2) is 17.3 Å². The number of halogens is 1. The largest absolute Gasteiger partial charge is 0.493 e. The molecular formula is C17H15BrO3. The molecule has 0 amide bonds. The van der Waals surface area contributed by atoms with Gasteiger partial charge in [-0.2, -0.15) is 0 Å². The van der Waals surface area contributed by atoms with E-state index in [1.54, 1.807) is 44.6 Å². The molecule has 0 unspecified atom stereocenters. The molecule has 2 aromatic rings. The second-order valence-electron chi connectivity index (χ2n) is 4.29. The summed E-state index contributed by atoms with van der Waals surface area (Å²) >= 11 is 3.45. The Bertz CT molecular complexity index is 677. The highest BCUT2D eigenvalue weighted by atomic mass is 79.9. The Labute approximate surface area is 132 Å². The first-order chi connectivity index (χ1) is 10.2. The van der Waals surface area contributed by atoms with Crippen LogP contribution in [-0.4, -0.2) is 20.0 Å². The summed E-state index contributed by atoms with van der Waals surface area (Å²) in [4.78, 5) is 12.2. The number of hydrogen-bond donors (Lipinski definition) is 0. The quantitative estimate of drug-likeness (QED) is 0.595. The number of allylic oxidation sites excluding steroid dienone is 1. The molecule has 0 N–H and O–H groups in total. The van der Waals surface area contributed by atoms with Crippen LogP contribution in [0.15, 0.2) is 53.0 Å². The molecule has 3 nitrogen and oxygen atoms in total. The highest BCUT2D eigenvalue weighted by Crippen LogP contribution is 2.28. The minimum atomic E-state index is -0.0910. The van der Waals surface area contributed by atoms with Crippen molar-refractivity contribution in [2.45, 2.75) is 0 Å². The van der Waals surface area contributed by atoms with Gasteiger partial charge in [0, 0.05) is 10.0 Å². The van der Waals surface area contributed by atoms with Gasteiger partial charge in [0.2, 0.25) is 0 Å². The summed E-state index contributed by atoms with van der Waals surface area (Å²) in [6.07, 6.45) is 3.32.